The Morgan fingerprint density at radius 1 is 1.27 bits per heavy atom. The van der Waals surface area contributed by atoms with Gasteiger partial charge in [-0.15, -0.1) is 0 Å². The quantitative estimate of drug-likeness (QED) is 0.656. The number of hydrogen-bond acceptors (Lipinski definition) is 2. The molecule has 0 spiro atoms. The van der Waals surface area contributed by atoms with E-state index in [0.717, 1.165) is 13.1 Å². The zero-order valence-electron chi connectivity index (χ0n) is 8.30. The van der Waals surface area contributed by atoms with Gasteiger partial charge in [0.15, 0.2) is 0 Å². The Morgan fingerprint density at radius 3 is 2.09 bits per heavy atom. The Kier molecular flexibility index (Phi) is 5.51. The van der Waals surface area contributed by atoms with E-state index in [1.807, 2.05) is 0 Å². The molecule has 2 atom stereocenters. The molecule has 0 heterocycles. The second-order valence-electron chi connectivity index (χ2n) is 3.32. The molecule has 1 unspecified atom stereocenters. The molecule has 2 N–H and O–H groups in total. The molecule has 0 fully saturated rings. The minimum Gasteiger partial charge on any atom is -0.327 e. The zero-order valence-corrected chi connectivity index (χ0v) is 8.30. The van der Waals surface area contributed by atoms with Gasteiger partial charge in [-0.25, -0.2) is 0 Å². The monoisotopic (exact) mass is 158 g/mol. The van der Waals surface area contributed by atoms with Crippen LogP contribution >= 0.6 is 0 Å². The molecule has 11 heavy (non-hydrogen) atoms. The molecule has 0 aliphatic carbocycles. The molecular weight excluding hydrogens is 136 g/mol. The Hall–Kier alpha value is -0.0800. The standard InChI is InChI=1S/C9H22N2/c1-5-9(4)11(6-2)7-8(3)10/h8-9H,5-7,10H2,1-4H3/t8-,9?/m0/s1. The van der Waals surface area contributed by atoms with Gasteiger partial charge in [0.1, 0.15) is 0 Å². The summed E-state index contributed by atoms with van der Waals surface area (Å²) in [6.45, 7) is 10.8. The van der Waals surface area contributed by atoms with Gasteiger partial charge in [-0.3, -0.25) is 4.90 Å². The largest absolute Gasteiger partial charge is 0.327 e. The molecule has 0 amide bonds. The molecular formula is C9H22N2. The minimum atomic E-state index is 0.295. The third-order valence-corrected chi connectivity index (χ3v) is 2.14. The van der Waals surface area contributed by atoms with E-state index < -0.39 is 0 Å². The predicted octanol–water partition coefficient (Wildman–Crippen LogP) is 1.45. The zero-order chi connectivity index (χ0) is 8.85. The van der Waals surface area contributed by atoms with E-state index >= 15 is 0 Å². The maximum atomic E-state index is 5.72. The van der Waals surface area contributed by atoms with Gasteiger partial charge in [0, 0.05) is 18.6 Å². The van der Waals surface area contributed by atoms with E-state index in [0.29, 0.717) is 12.1 Å². The first-order valence-corrected chi connectivity index (χ1v) is 4.61. The lowest BCUT2D eigenvalue weighted by atomic mass is 10.2. The highest BCUT2D eigenvalue weighted by atomic mass is 15.2. The fourth-order valence-electron chi connectivity index (χ4n) is 1.25. The summed E-state index contributed by atoms with van der Waals surface area (Å²) in [5.41, 5.74) is 5.72. The Bertz CT molecular complexity index is 91.6. The van der Waals surface area contributed by atoms with Crippen LogP contribution < -0.4 is 5.73 Å². The molecule has 0 radical (unpaired) electrons. The van der Waals surface area contributed by atoms with E-state index in [1.54, 1.807) is 0 Å². The fraction of sp³-hybridized carbons (Fsp3) is 1.00. The number of nitrogens with zero attached hydrogens (tertiary/aromatic N) is 1. The summed E-state index contributed by atoms with van der Waals surface area (Å²) in [6.07, 6.45) is 1.21. The molecule has 2 heteroatoms. The highest BCUT2D eigenvalue weighted by Crippen LogP contribution is 2.02. The molecule has 0 rings (SSSR count). The lowest BCUT2D eigenvalue weighted by molar-refractivity contribution is 0.205. The van der Waals surface area contributed by atoms with Crippen molar-refractivity contribution in [2.75, 3.05) is 13.1 Å². The first-order chi connectivity index (χ1) is 5.11. The number of likely N-dealkylation sites (N-methyl/N-ethyl adjacent to an activating group) is 1. The molecule has 0 aliphatic heterocycles. The summed E-state index contributed by atoms with van der Waals surface area (Å²) in [4.78, 5) is 2.42. The average Bonchev–Trinajstić information content (AvgIpc) is 1.98. The van der Waals surface area contributed by atoms with Crippen molar-refractivity contribution >= 4 is 0 Å². The number of rotatable bonds is 5. The first-order valence-electron chi connectivity index (χ1n) is 4.61. The van der Waals surface area contributed by atoms with E-state index in [4.69, 9.17) is 5.73 Å². The lowest BCUT2D eigenvalue weighted by Crippen LogP contribution is -2.40. The van der Waals surface area contributed by atoms with Crippen molar-refractivity contribution in [3.05, 3.63) is 0 Å². The normalized spacial score (nSPS) is 16.9. The lowest BCUT2D eigenvalue weighted by Gasteiger charge is -2.28. The second-order valence-corrected chi connectivity index (χ2v) is 3.32. The Morgan fingerprint density at radius 2 is 1.82 bits per heavy atom. The van der Waals surface area contributed by atoms with Crippen LogP contribution in [0.5, 0.6) is 0 Å². The summed E-state index contributed by atoms with van der Waals surface area (Å²) < 4.78 is 0. The molecule has 68 valence electrons. The maximum Gasteiger partial charge on any atom is 0.0139 e. The molecule has 0 saturated carbocycles. The van der Waals surface area contributed by atoms with Crippen LogP contribution in [0.3, 0.4) is 0 Å². The van der Waals surface area contributed by atoms with Crippen molar-refractivity contribution in [2.24, 2.45) is 5.73 Å². The second kappa shape index (κ2) is 5.56. The number of hydrogen-bond donors (Lipinski definition) is 1. The third kappa shape index (κ3) is 4.38. The van der Waals surface area contributed by atoms with Gasteiger partial charge in [-0.05, 0) is 26.8 Å². The summed E-state index contributed by atoms with van der Waals surface area (Å²) in [5, 5.41) is 0. The van der Waals surface area contributed by atoms with Crippen LogP contribution in [0.1, 0.15) is 34.1 Å². The average molecular weight is 158 g/mol. The maximum absolute atomic E-state index is 5.72. The molecule has 0 aromatic carbocycles. The fourth-order valence-corrected chi connectivity index (χ4v) is 1.25. The van der Waals surface area contributed by atoms with Crippen LogP contribution in [0.4, 0.5) is 0 Å². The van der Waals surface area contributed by atoms with Crippen molar-refractivity contribution in [1.82, 2.24) is 4.90 Å². The SMILES string of the molecule is CCC(C)N(CC)C[C@H](C)N. The van der Waals surface area contributed by atoms with Gasteiger partial charge in [-0.1, -0.05) is 13.8 Å². The van der Waals surface area contributed by atoms with Gasteiger partial charge >= 0.3 is 0 Å². The van der Waals surface area contributed by atoms with Gasteiger partial charge in [0.2, 0.25) is 0 Å². The molecule has 0 aromatic rings. The summed E-state index contributed by atoms with van der Waals surface area (Å²) in [5.74, 6) is 0. The smallest absolute Gasteiger partial charge is 0.0139 e. The van der Waals surface area contributed by atoms with Gasteiger partial charge in [-0.2, -0.15) is 0 Å². The molecule has 0 bridgehead atoms. The Balaban J connectivity index is 3.74. The van der Waals surface area contributed by atoms with E-state index in [1.165, 1.54) is 6.42 Å². The van der Waals surface area contributed by atoms with Crippen molar-refractivity contribution in [2.45, 2.75) is 46.2 Å². The summed E-state index contributed by atoms with van der Waals surface area (Å²) >= 11 is 0. The minimum absolute atomic E-state index is 0.295. The topological polar surface area (TPSA) is 29.3 Å². The third-order valence-electron chi connectivity index (χ3n) is 2.14. The van der Waals surface area contributed by atoms with Crippen molar-refractivity contribution < 1.29 is 0 Å². The van der Waals surface area contributed by atoms with Gasteiger partial charge in [0.25, 0.3) is 0 Å². The highest BCUT2D eigenvalue weighted by Gasteiger charge is 2.10. The van der Waals surface area contributed by atoms with Crippen LogP contribution in [0, 0.1) is 0 Å². The van der Waals surface area contributed by atoms with Crippen molar-refractivity contribution in [1.29, 1.82) is 0 Å². The van der Waals surface area contributed by atoms with Crippen LogP contribution in [-0.2, 0) is 0 Å². The van der Waals surface area contributed by atoms with E-state index in [-0.39, 0.29) is 0 Å². The molecule has 0 aliphatic rings. The van der Waals surface area contributed by atoms with E-state index in [2.05, 4.69) is 32.6 Å². The van der Waals surface area contributed by atoms with Crippen LogP contribution in [-0.4, -0.2) is 30.1 Å². The summed E-state index contributed by atoms with van der Waals surface area (Å²) in [6, 6.07) is 0.968. The van der Waals surface area contributed by atoms with Gasteiger partial charge < -0.3 is 5.73 Å². The van der Waals surface area contributed by atoms with Crippen LogP contribution in [0.15, 0.2) is 0 Å². The Labute approximate surface area is 70.8 Å². The highest BCUT2D eigenvalue weighted by molar-refractivity contribution is 4.68. The van der Waals surface area contributed by atoms with Crippen LogP contribution in [0.2, 0.25) is 0 Å². The van der Waals surface area contributed by atoms with Gasteiger partial charge in [0.05, 0.1) is 0 Å². The van der Waals surface area contributed by atoms with Crippen molar-refractivity contribution in [3.8, 4) is 0 Å². The van der Waals surface area contributed by atoms with Crippen molar-refractivity contribution in [3.63, 3.8) is 0 Å². The first kappa shape index (κ1) is 10.9. The van der Waals surface area contributed by atoms with Crippen LogP contribution in [0.25, 0.3) is 0 Å². The molecule has 0 saturated heterocycles. The number of nitrogens with two attached hydrogens (primary N) is 1. The summed E-state index contributed by atoms with van der Waals surface area (Å²) in [7, 11) is 0. The van der Waals surface area contributed by atoms with E-state index in [9.17, 15) is 0 Å². The molecule has 2 nitrogen and oxygen atoms in total. The predicted molar refractivity (Wildman–Crippen MR) is 50.6 cm³/mol. The molecule has 0 aromatic heterocycles.